The highest BCUT2D eigenvalue weighted by molar-refractivity contribution is 5.94. The fraction of sp³-hybridized carbons (Fsp3) is 0.500. The summed E-state index contributed by atoms with van der Waals surface area (Å²) in [6.07, 6.45) is 4.76. The van der Waals surface area contributed by atoms with Crippen LogP contribution in [0, 0.1) is 0 Å². The Morgan fingerprint density at radius 1 is 1.44 bits per heavy atom. The Morgan fingerprint density at radius 2 is 2.17 bits per heavy atom. The molecule has 0 spiro atoms. The maximum Gasteiger partial charge on any atom is 0.337 e. The number of aromatic carboxylic acids is 1. The first kappa shape index (κ1) is 14.4. The molecule has 4 nitrogen and oxygen atoms in total. The Labute approximate surface area is 108 Å². The number of nitrogens with one attached hydrogen (secondary N) is 1. The third-order valence-electron chi connectivity index (χ3n) is 2.94. The third-order valence-corrected chi connectivity index (χ3v) is 2.94. The molecule has 1 aromatic carbocycles. The van der Waals surface area contributed by atoms with E-state index in [2.05, 4.69) is 19.2 Å². The van der Waals surface area contributed by atoms with Crippen LogP contribution in [0.2, 0.25) is 0 Å². The molecule has 0 amide bonds. The standard InChI is InChI=1S/C14H22N2O2/c1-3-4-5-6-10(2)16-11-7-8-12(14(17)18)13(15)9-11/h7-10,16H,3-6,15H2,1-2H3,(H,17,18). The molecule has 1 unspecified atom stereocenters. The van der Waals surface area contributed by atoms with Gasteiger partial charge in [0.05, 0.1) is 5.56 Å². The van der Waals surface area contributed by atoms with Crippen molar-refractivity contribution in [1.82, 2.24) is 0 Å². The van der Waals surface area contributed by atoms with Crippen LogP contribution in [0.1, 0.15) is 49.9 Å². The first-order valence-electron chi connectivity index (χ1n) is 6.44. The molecule has 0 aliphatic carbocycles. The van der Waals surface area contributed by atoms with Crippen LogP contribution in [0.15, 0.2) is 18.2 Å². The zero-order valence-corrected chi connectivity index (χ0v) is 11.1. The van der Waals surface area contributed by atoms with Gasteiger partial charge in [-0.25, -0.2) is 4.79 Å². The van der Waals surface area contributed by atoms with Crippen LogP contribution in [0.25, 0.3) is 0 Å². The van der Waals surface area contributed by atoms with Crippen molar-refractivity contribution in [1.29, 1.82) is 0 Å². The monoisotopic (exact) mass is 250 g/mol. The van der Waals surface area contributed by atoms with Crippen molar-refractivity contribution in [2.75, 3.05) is 11.1 Å². The molecule has 1 aromatic rings. The molecule has 0 fully saturated rings. The van der Waals surface area contributed by atoms with Crippen molar-refractivity contribution in [3.63, 3.8) is 0 Å². The van der Waals surface area contributed by atoms with Crippen molar-refractivity contribution in [2.45, 2.75) is 45.6 Å². The predicted octanol–water partition coefficient (Wildman–Crippen LogP) is 3.35. The van der Waals surface area contributed by atoms with E-state index in [1.165, 1.54) is 19.3 Å². The van der Waals surface area contributed by atoms with Gasteiger partial charge in [-0.05, 0) is 31.5 Å². The lowest BCUT2D eigenvalue weighted by molar-refractivity contribution is 0.0698. The second-order valence-electron chi connectivity index (χ2n) is 4.65. The van der Waals surface area contributed by atoms with Gasteiger partial charge in [0, 0.05) is 17.4 Å². The molecule has 4 heteroatoms. The van der Waals surface area contributed by atoms with Crippen LogP contribution in [-0.2, 0) is 0 Å². The van der Waals surface area contributed by atoms with Gasteiger partial charge in [0.1, 0.15) is 0 Å². The third kappa shape index (κ3) is 4.28. The number of benzene rings is 1. The number of carbonyl (C=O) groups is 1. The lowest BCUT2D eigenvalue weighted by Gasteiger charge is -2.15. The molecule has 100 valence electrons. The molecule has 0 aliphatic rings. The van der Waals surface area contributed by atoms with E-state index < -0.39 is 5.97 Å². The predicted molar refractivity (Wildman–Crippen MR) is 75.0 cm³/mol. The molecule has 1 atom stereocenters. The number of anilines is 2. The fourth-order valence-electron chi connectivity index (χ4n) is 1.90. The number of nitrogens with two attached hydrogens (primary N) is 1. The summed E-state index contributed by atoms with van der Waals surface area (Å²) in [5, 5.41) is 12.2. The largest absolute Gasteiger partial charge is 0.478 e. The Bertz CT molecular complexity index is 405. The number of rotatable bonds is 7. The van der Waals surface area contributed by atoms with E-state index in [4.69, 9.17) is 10.8 Å². The van der Waals surface area contributed by atoms with E-state index >= 15 is 0 Å². The summed E-state index contributed by atoms with van der Waals surface area (Å²) in [7, 11) is 0. The van der Waals surface area contributed by atoms with Gasteiger partial charge >= 0.3 is 5.97 Å². The summed E-state index contributed by atoms with van der Waals surface area (Å²) >= 11 is 0. The van der Waals surface area contributed by atoms with E-state index in [0.717, 1.165) is 12.1 Å². The summed E-state index contributed by atoms with van der Waals surface area (Å²) in [6, 6.07) is 5.35. The minimum atomic E-state index is -0.991. The number of carboxylic acids is 1. The summed E-state index contributed by atoms with van der Waals surface area (Å²) < 4.78 is 0. The van der Waals surface area contributed by atoms with Gasteiger partial charge in [-0.1, -0.05) is 26.2 Å². The molecule has 0 radical (unpaired) electrons. The van der Waals surface area contributed by atoms with Crippen molar-refractivity contribution >= 4 is 17.3 Å². The van der Waals surface area contributed by atoms with Crippen LogP contribution >= 0.6 is 0 Å². The summed E-state index contributed by atoms with van der Waals surface area (Å²) in [5.74, 6) is -0.991. The molecule has 0 heterocycles. The van der Waals surface area contributed by atoms with Gasteiger partial charge in [0.15, 0.2) is 0 Å². The SMILES string of the molecule is CCCCCC(C)Nc1ccc(C(=O)O)c(N)c1. The van der Waals surface area contributed by atoms with Crippen LogP contribution in [0.3, 0.4) is 0 Å². The van der Waals surface area contributed by atoms with Gasteiger partial charge in [0.25, 0.3) is 0 Å². The summed E-state index contributed by atoms with van der Waals surface area (Å²) in [6.45, 7) is 4.31. The van der Waals surface area contributed by atoms with Crippen LogP contribution in [0.4, 0.5) is 11.4 Å². The highest BCUT2D eigenvalue weighted by Gasteiger charge is 2.09. The Balaban J connectivity index is 2.57. The number of hydrogen-bond donors (Lipinski definition) is 3. The number of hydrogen-bond acceptors (Lipinski definition) is 3. The fourth-order valence-corrected chi connectivity index (χ4v) is 1.90. The zero-order chi connectivity index (χ0) is 13.5. The van der Waals surface area contributed by atoms with Gasteiger partial charge in [-0.15, -0.1) is 0 Å². The van der Waals surface area contributed by atoms with Gasteiger partial charge in [-0.3, -0.25) is 0 Å². The lowest BCUT2D eigenvalue weighted by Crippen LogP contribution is -2.15. The first-order chi connectivity index (χ1) is 8.54. The minimum Gasteiger partial charge on any atom is -0.478 e. The Hall–Kier alpha value is -1.71. The molecular weight excluding hydrogens is 228 g/mol. The van der Waals surface area contributed by atoms with E-state index in [0.29, 0.717) is 11.7 Å². The van der Waals surface area contributed by atoms with Crippen LogP contribution in [-0.4, -0.2) is 17.1 Å². The quantitative estimate of drug-likeness (QED) is 0.512. The molecule has 0 aromatic heterocycles. The Morgan fingerprint density at radius 3 is 2.72 bits per heavy atom. The zero-order valence-electron chi connectivity index (χ0n) is 11.1. The summed E-state index contributed by atoms with van der Waals surface area (Å²) in [5.41, 5.74) is 7.03. The topological polar surface area (TPSA) is 75.3 Å². The van der Waals surface area contributed by atoms with Crippen molar-refractivity contribution in [3.8, 4) is 0 Å². The first-order valence-corrected chi connectivity index (χ1v) is 6.44. The molecule has 1 rings (SSSR count). The number of nitrogen functional groups attached to an aromatic ring is 1. The lowest BCUT2D eigenvalue weighted by atomic mass is 10.1. The number of carboxylic acid groups (broad SMARTS) is 1. The number of unbranched alkanes of at least 4 members (excludes halogenated alkanes) is 2. The molecule has 4 N–H and O–H groups in total. The summed E-state index contributed by atoms with van der Waals surface area (Å²) in [4.78, 5) is 10.8. The van der Waals surface area contributed by atoms with Crippen molar-refractivity contribution in [2.24, 2.45) is 0 Å². The molecule has 0 bridgehead atoms. The van der Waals surface area contributed by atoms with E-state index in [-0.39, 0.29) is 5.56 Å². The normalized spacial score (nSPS) is 12.1. The smallest absolute Gasteiger partial charge is 0.337 e. The minimum absolute atomic E-state index is 0.152. The maximum absolute atomic E-state index is 10.8. The highest BCUT2D eigenvalue weighted by Crippen LogP contribution is 2.19. The van der Waals surface area contributed by atoms with Crippen molar-refractivity contribution < 1.29 is 9.90 Å². The van der Waals surface area contributed by atoms with Crippen LogP contribution < -0.4 is 11.1 Å². The Kier molecular flexibility index (Phi) is 5.49. The van der Waals surface area contributed by atoms with E-state index in [9.17, 15) is 4.79 Å². The molecule has 18 heavy (non-hydrogen) atoms. The molecule has 0 saturated carbocycles. The van der Waals surface area contributed by atoms with Gasteiger partial charge in [0.2, 0.25) is 0 Å². The average molecular weight is 250 g/mol. The van der Waals surface area contributed by atoms with Gasteiger partial charge < -0.3 is 16.2 Å². The molecule has 0 aliphatic heterocycles. The maximum atomic E-state index is 10.8. The second kappa shape index (κ2) is 6.89. The average Bonchev–Trinajstić information content (AvgIpc) is 2.28. The van der Waals surface area contributed by atoms with E-state index in [1.54, 1.807) is 18.2 Å². The van der Waals surface area contributed by atoms with Crippen LogP contribution in [0.5, 0.6) is 0 Å². The van der Waals surface area contributed by atoms with E-state index in [1.807, 2.05) is 0 Å². The highest BCUT2D eigenvalue weighted by atomic mass is 16.4. The second-order valence-corrected chi connectivity index (χ2v) is 4.65. The van der Waals surface area contributed by atoms with Gasteiger partial charge in [-0.2, -0.15) is 0 Å². The molecular formula is C14H22N2O2. The molecule has 0 saturated heterocycles. The van der Waals surface area contributed by atoms with Crippen molar-refractivity contribution in [3.05, 3.63) is 23.8 Å².